The summed E-state index contributed by atoms with van der Waals surface area (Å²) in [6.07, 6.45) is 0. The average Bonchev–Trinajstić information content (AvgIpc) is 2.39. The van der Waals surface area contributed by atoms with Gasteiger partial charge in [0.2, 0.25) is 0 Å². The molecule has 0 radical (unpaired) electrons. The molecule has 0 aliphatic rings. The summed E-state index contributed by atoms with van der Waals surface area (Å²) >= 11 is 1.33. The van der Waals surface area contributed by atoms with E-state index >= 15 is 0 Å². The molecule has 0 saturated heterocycles. The average molecular weight is 339 g/mol. The summed E-state index contributed by atoms with van der Waals surface area (Å²) in [6, 6.07) is 17.4. The summed E-state index contributed by atoms with van der Waals surface area (Å²) < 4.78 is 22.9. The Morgan fingerprint density at radius 2 is 1.68 bits per heavy atom. The normalized spacial score (nSPS) is 12.1. The molecule has 0 aliphatic carbocycles. The van der Waals surface area contributed by atoms with Crippen LogP contribution < -0.4 is 4.90 Å². The molecule has 2 aromatic rings. The molecule has 1 unspecified atom stereocenters. The SMILES string of the molecule is O=S([O-])CN(Cc1ccccc1)c1ccccc1Br. The van der Waals surface area contributed by atoms with Crippen LogP contribution in [0.5, 0.6) is 0 Å². The van der Waals surface area contributed by atoms with E-state index in [1.807, 2.05) is 59.5 Å². The van der Waals surface area contributed by atoms with Crippen molar-refractivity contribution in [2.75, 3.05) is 10.8 Å². The van der Waals surface area contributed by atoms with Crippen molar-refractivity contribution in [1.82, 2.24) is 0 Å². The van der Waals surface area contributed by atoms with Gasteiger partial charge in [-0.25, -0.2) is 0 Å². The van der Waals surface area contributed by atoms with Gasteiger partial charge in [0.25, 0.3) is 0 Å². The van der Waals surface area contributed by atoms with Gasteiger partial charge in [0.05, 0.1) is 11.6 Å². The van der Waals surface area contributed by atoms with Crippen LogP contribution in [0.3, 0.4) is 0 Å². The highest BCUT2D eigenvalue weighted by atomic mass is 79.9. The van der Waals surface area contributed by atoms with Gasteiger partial charge in [-0.15, -0.1) is 0 Å². The highest BCUT2D eigenvalue weighted by Gasteiger charge is 2.10. The summed E-state index contributed by atoms with van der Waals surface area (Å²) in [7, 11) is 0. The van der Waals surface area contributed by atoms with Crippen molar-refractivity contribution < 1.29 is 8.76 Å². The Balaban J connectivity index is 2.26. The quantitative estimate of drug-likeness (QED) is 0.785. The van der Waals surface area contributed by atoms with Gasteiger partial charge in [0, 0.05) is 11.0 Å². The number of hydrogen-bond acceptors (Lipinski definition) is 3. The van der Waals surface area contributed by atoms with Crippen molar-refractivity contribution in [2.45, 2.75) is 6.54 Å². The maximum Gasteiger partial charge on any atom is 0.0810 e. The standard InChI is InChI=1S/C14H14BrNO2S/c15-13-8-4-5-9-14(13)16(11-19(17)18)10-12-6-2-1-3-7-12/h1-9H,10-11H2,(H,17,18)/p-1. The minimum atomic E-state index is -2.12. The van der Waals surface area contributed by atoms with E-state index in [9.17, 15) is 8.76 Å². The van der Waals surface area contributed by atoms with E-state index in [1.54, 1.807) is 0 Å². The van der Waals surface area contributed by atoms with Crippen molar-refractivity contribution in [3.8, 4) is 0 Å². The zero-order valence-electron chi connectivity index (χ0n) is 10.2. The molecule has 5 heteroatoms. The number of halogens is 1. The molecule has 0 aromatic heterocycles. The second-order valence-electron chi connectivity index (χ2n) is 4.07. The Morgan fingerprint density at radius 1 is 1.05 bits per heavy atom. The van der Waals surface area contributed by atoms with Crippen molar-refractivity contribution >= 4 is 32.7 Å². The highest BCUT2D eigenvalue weighted by Crippen LogP contribution is 2.27. The zero-order chi connectivity index (χ0) is 13.7. The lowest BCUT2D eigenvalue weighted by atomic mass is 10.2. The van der Waals surface area contributed by atoms with Crippen molar-refractivity contribution in [3.63, 3.8) is 0 Å². The second kappa shape index (κ2) is 6.84. The molecule has 2 rings (SSSR count). The minimum absolute atomic E-state index is 0.0303. The molecular formula is C14H13BrNO2S-. The fourth-order valence-corrected chi connectivity index (χ4v) is 2.86. The topological polar surface area (TPSA) is 43.4 Å². The molecule has 0 heterocycles. The van der Waals surface area contributed by atoms with Crippen LogP contribution in [-0.4, -0.2) is 14.6 Å². The molecule has 0 spiro atoms. The lowest BCUT2D eigenvalue weighted by Gasteiger charge is -2.27. The fraction of sp³-hybridized carbons (Fsp3) is 0.143. The number of anilines is 1. The maximum absolute atomic E-state index is 11.0. The summed E-state index contributed by atoms with van der Waals surface area (Å²) in [5, 5.41) is 0. The van der Waals surface area contributed by atoms with Gasteiger partial charge in [-0.1, -0.05) is 42.5 Å². The summed E-state index contributed by atoms with van der Waals surface area (Å²) in [5.74, 6) is -0.0303. The number of nitrogens with zero attached hydrogens (tertiary/aromatic N) is 1. The maximum atomic E-state index is 11.0. The molecule has 19 heavy (non-hydrogen) atoms. The van der Waals surface area contributed by atoms with E-state index in [1.165, 1.54) is 0 Å². The summed E-state index contributed by atoms with van der Waals surface area (Å²) in [6.45, 7) is 0.553. The van der Waals surface area contributed by atoms with Gasteiger partial charge in [-0.05, 0) is 44.7 Å². The first kappa shape index (κ1) is 14.2. The Bertz CT molecular complexity index is 562. The zero-order valence-corrected chi connectivity index (χ0v) is 12.6. The third kappa shape index (κ3) is 4.16. The molecule has 0 fully saturated rings. The van der Waals surface area contributed by atoms with E-state index in [2.05, 4.69) is 15.9 Å². The van der Waals surface area contributed by atoms with Crippen LogP contribution in [0, 0.1) is 0 Å². The first-order chi connectivity index (χ1) is 9.16. The van der Waals surface area contributed by atoms with Gasteiger partial charge < -0.3 is 9.45 Å². The molecule has 1 atom stereocenters. The van der Waals surface area contributed by atoms with Gasteiger partial charge in [0.1, 0.15) is 0 Å². The lowest BCUT2D eigenvalue weighted by Crippen LogP contribution is -2.26. The molecule has 2 aromatic carbocycles. The van der Waals surface area contributed by atoms with Gasteiger partial charge in [0.15, 0.2) is 0 Å². The summed E-state index contributed by atoms with van der Waals surface area (Å²) in [4.78, 5) is 1.82. The van der Waals surface area contributed by atoms with Crippen LogP contribution in [0.1, 0.15) is 5.56 Å². The van der Waals surface area contributed by atoms with Crippen molar-refractivity contribution in [1.29, 1.82) is 0 Å². The minimum Gasteiger partial charge on any atom is -0.771 e. The van der Waals surface area contributed by atoms with Crippen LogP contribution in [0.2, 0.25) is 0 Å². The molecule has 0 saturated carbocycles. The molecule has 0 aliphatic heterocycles. The number of hydrogen-bond donors (Lipinski definition) is 0. The van der Waals surface area contributed by atoms with E-state index in [-0.39, 0.29) is 5.88 Å². The van der Waals surface area contributed by atoms with Gasteiger partial charge in [-0.2, -0.15) is 0 Å². The van der Waals surface area contributed by atoms with Crippen molar-refractivity contribution in [2.24, 2.45) is 0 Å². The fourth-order valence-electron chi connectivity index (χ4n) is 1.84. The Kier molecular flexibility index (Phi) is 5.13. The van der Waals surface area contributed by atoms with E-state index < -0.39 is 11.1 Å². The Labute approximate surface area is 123 Å². The highest BCUT2D eigenvalue weighted by molar-refractivity contribution is 9.10. The third-order valence-electron chi connectivity index (χ3n) is 2.67. The second-order valence-corrected chi connectivity index (χ2v) is 5.79. The predicted molar refractivity (Wildman–Crippen MR) is 80.6 cm³/mol. The molecule has 0 bridgehead atoms. The molecular weight excluding hydrogens is 326 g/mol. The number of benzene rings is 2. The lowest BCUT2D eigenvalue weighted by molar-refractivity contribution is 0.534. The Morgan fingerprint density at radius 3 is 2.32 bits per heavy atom. The van der Waals surface area contributed by atoms with Gasteiger partial charge >= 0.3 is 0 Å². The van der Waals surface area contributed by atoms with Crippen LogP contribution in [0.25, 0.3) is 0 Å². The first-order valence-electron chi connectivity index (χ1n) is 5.76. The van der Waals surface area contributed by atoms with Crippen LogP contribution in [0.15, 0.2) is 59.1 Å². The number of para-hydroxylation sites is 1. The van der Waals surface area contributed by atoms with Gasteiger partial charge in [-0.3, -0.25) is 4.21 Å². The summed E-state index contributed by atoms with van der Waals surface area (Å²) in [5.41, 5.74) is 1.94. The van der Waals surface area contributed by atoms with Crippen LogP contribution in [-0.2, 0) is 17.6 Å². The van der Waals surface area contributed by atoms with Crippen LogP contribution in [0.4, 0.5) is 5.69 Å². The largest absolute Gasteiger partial charge is 0.771 e. The molecule has 3 nitrogen and oxygen atoms in total. The predicted octanol–water partition coefficient (Wildman–Crippen LogP) is 3.29. The monoisotopic (exact) mass is 338 g/mol. The van der Waals surface area contributed by atoms with Crippen LogP contribution >= 0.6 is 15.9 Å². The molecule has 100 valence electrons. The van der Waals surface area contributed by atoms with E-state index in [4.69, 9.17) is 0 Å². The van der Waals surface area contributed by atoms with E-state index in [0.717, 1.165) is 15.7 Å². The first-order valence-corrected chi connectivity index (χ1v) is 7.80. The van der Waals surface area contributed by atoms with E-state index in [0.29, 0.717) is 6.54 Å². The molecule has 0 N–H and O–H groups in total. The smallest absolute Gasteiger partial charge is 0.0810 e. The third-order valence-corrected chi connectivity index (χ3v) is 3.86. The Hall–Kier alpha value is -1.17. The number of rotatable bonds is 5. The molecule has 0 amide bonds. The van der Waals surface area contributed by atoms with Crippen molar-refractivity contribution in [3.05, 3.63) is 64.6 Å².